The third-order valence-electron chi connectivity index (χ3n) is 3.44. The Bertz CT molecular complexity index is 401. The van der Waals surface area contributed by atoms with Crippen molar-refractivity contribution in [2.24, 2.45) is 11.1 Å². The maximum atomic E-state index is 8.88. The molecule has 1 rings (SSSR count). The van der Waals surface area contributed by atoms with Gasteiger partial charge in [-0.2, -0.15) is 0 Å². The molecule has 0 aromatic heterocycles. The van der Waals surface area contributed by atoms with E-state index in [0.29, 0.717) is 11.6 Å². The predicted octanol–water partition coefficient (Wildman–Crippen LogP) is 4.48. The predicted molar refractivity (Wildman–Crippen MR) is 79.2 cm³/mol. The van der Waals surface area contributed by atoms with E-state index < -0.39 is 0 Å². The van der Waals surface area contributed by atoms with Gasteiger partial charge >= 0.3 is 0 Å². The summed E-state index contributed by atoms with van der Waals surface area (Å²) in [5, 5.41) is 12.1. The summed E-state index contributed by atoms with van der Waals surface area (Å²) in [5.74, 6) is 1.40. The van der Waals surface area contributed by atoms with Crippen molar-refractivity contribution < 1.29 is 9.94 Å². The smallest absolute Gasteiger partial charge is 0.128 e. The number of benzene rings is 1. The van der Waals surface area contributed by atoms with E-state index in [1.54, 1.807) is 6.92 Å². The summed E-state index contributed by atoms with van der Waals surface area (Å²) in [6.07, 6.45) is 4.82. The van der Waals surface area contributed by atoms with E-state index in [1.807, 2.05) is 24.3 Å². The molecular weight excluding hydrogens is 238 g/mol. The van der Waals surface area contributed by atoms with Gasteiger partial charge in [-0.05, 0) is 31.4 Å². The van der Waals surface area contributed by atoms with Gasteiger partial charge < -0.3 is 9.94 Å². The number of oxime groups is 1. The summed E-state index contributed by atoms with van der Waals surface area (Å²) in [4.78, 5) is 0. The number of para-hydroxylation sites is 1. The highest BCUT2D eigenvalue weighted by Crippen LogP contribution is 2.21. The molecule has 1 atom stereocenters. The topological polar surface area (TPSA) is 41.8 Å². The van der Waals surface area contributed by atoms with Crippen molar-refractivity contribution in [2.75, 3.05) is 6.61 Å². The van der Waals surface area contributed by atoms with Crippen LogP contribution in [0, 0.1) is 5.92 Å². The lowest BCUT2D eigenvalue weighted by atomic mass is 10.0. The standard InChI is InChI=1S/C16H25NO2/c1-4-6-9-14(5-2)12-19-16-11-8-7-10-15(16)13(3)17-18/h7-8,10-11,14,18H,4-6,9,12H2,1-3H3. The Morgan fingerprint density at radius 3 is 2.68 bits per heavy atom. The largest absolute Gasteiger partial charge is 0.493 e. The van der Waals surface area contributed by atoms with Gasteiger partial charge in [0.15, 0.2) is 0 Å². The number of ether oxygens (including phenoxy) is 1. The van der Waals surface area contributed by atoms with Gasteiger partial charge in [-0.15, -0.1) is 0 Å². The fourth-order valence-corrected chi connectivity index (χ4v) is 2.05. The zero-order valence-corrected chi connectivity index (χ0v) is 12.2. The Kier molecular flexibility index (Phi) is 7.01. The average molecular weight is 263 g/mol. The molecule has 0 aliphatic carbocycles. The second-order valence-electron chi connectivity index (χ2n) is 4.91. The van der Waals surface area contributed by atoms with E-state index in [4.69, 9.17) is 9.94 Å². The van der Waals surface area contributed by atoms with Gasteiger partial charge in [-0.25, -0.2) is 0 Å². The minimum absolute atomic E-state index is 0.581. The summed E-state index contributed by atoms with van der Waals surface area (Å²) in [6, 6.07) is 7.70. The van der Waals surface area contributed by atoms with Gasteiger partial charge in [0.25, 0.3) is 0 Å². The molecule has 1 aromatic carbocycles. The van der Waals surface area contributed by atoms with Crippen molar-refractivity contribution in [3.63, 3.8) is 0 Å². The van der Waals surface area contributed by atoms with Crippen LogP contribution in [0.25, 0.3) is 0 Å². The molecule has 0 aliphatic heterocycles. The number of nitrogens with zero attached hydrogens (tertiary/aromatic N) is 1. The van der Waals surface area contributed by atoms with Crippen LogP contribution in [0.2, 0.25) is 0 Å². The monoisotopic (exact) mass is 263 g/mol. The Balaban J connectivity index is 2.66. The van der Waals surface area contributed by atoms with E-state index in [0.717, 1.165) is 24.3 Å². The van der Waals surface area contributed by atoms with Gasteiger partial charge in [-0.3, -0.25) is 0 Å². The van der Waals surface area contributed by atoms with Crippen LogP contribution in [0.1, 0.15) is 52.0 Å². The van der Waals surface area contributed by atoms with Crippen LogP contribution >= 0.6 is 0 Å². The molecule has 0 spiro atoms. The summed E-state index contributed by atoms with van der Waals surface area (Å²) in [7, 11) is 0. The van der Waals surface area contributed by atoms with Crippen LogP contribution in [-0.2, 0) is 0 Å². The van der Waals surface area contributed by atoms with Crippen molar-refractivity contribution in [3.8, 4) is 5.75 Å². The summed E-state index contributed by atoms with van der Waals surface area (Å²) < 4.78 is 5.92. The van der Waals surface area contributed by atoms with Crippen LogP contribution < -0.4 is 4.74 Å². The highest BCUT2D eigenvalue weighted by molar-refractivity contribution is 6.00. The second-order valence-corrected chi connectivity index (χ2v) is 4.91. The Morgan fingerprint density at radius 2 is 2.05 bits per heavy atom. The first-order chi connectivity index (χ1) is 9.22. The second kappa shape index (κ2) is 8.57. The lowest BCUT2D eigenvalue weighted by molar-refractivity contribution is 0.233. The Morgan fingerprint density at radius 1 is 1.32 bits per heavy atom. The van der Waals surface area contributed by atoms with Gasteiger partial charge in [0.1, 0.15) is 5.75 Å². The SMILES string of the molecule is CCCCC(CC)COc1ccccc1C(C)=NO. The van der Waals surface area contributed by atoms with Crippen molar-refractivity contribution in [1.82, 2.24) is 0 Å². The quantitative estimate of drug-likeness (QED) is 0.427. The van der Waals surface area contributed by atoms with E-state index in [2.05, 4.69) is 19.0 Å². The molecule has 0 radical (unpaired) electrons. The molecule has 1 unspecified atom stereocenters. The van der Waals surface area contributed by atoms with E-state index in [-0.39, 0.29) is 0 Å². The number of rotatable bonds is 8. The summed E-state index contributed by atoms with van der Waals surface area (Å²) in [5.41, 5.74) is 1.44. The molecule has 0 aliphatic rings. The van der Waals surface area contributed by atoms with E-state index in [9.17, 15) is 0 Å². The maximum absolute atomic E-state index is 8.88. The number of unbranched alkanes of at least 4 members (excludes halogenated alkanes) is 1. The molecule has 19 heavy (non-hydrogen) atoms. The van der Waals surface area contributed by atoms with Crippen molar-refractivity contribution in [1.29, 1.82) is 0 Å². The average Bonchev–Trinajstić information content (AvgIpc) is 2.47. The summed E-state index contributed by atoms with van der Waals surface area (Å²) >= 11 is 0. The highest BCUT2D eigenvalue weighted by atomic mass is 16.5. The first kappa shape index (κ1) is 15.5. The lowest BCUT2D eigenvalue weighted by Gasteiger charge is -2.17. The fourth-order valence-electron chi connectivity index (χ4n) is 2.05. The van der Waals surface area contributed by atoms with E-state index in [1.165, 1.54) is 19.3 Å². The Hall–Kier alpha value is -1.51. The molecule has 1 N–H and O–H groups in total. The minimum Gasteiger partial charge on any atom is -0.493 e. The highest BCUT2D eigenvalue weighted by Gasteiger charge is 2.10. The van der Waals surface area contributed by atoms with Crippen LogP contribution in [0.15, 0.2) is 29.4 Å². The first-order valence-corrected chi connectivity index (χ1v) is 7.13. The van der Waals surface area contributed by atoms with Crippen LogP contribution in [0.5, 0.6) is 5.75 Å². The molecule has 0 saturated heterocycles. The number of hydrogen-bond donors (Lipinski definition) is 1. The zero-order valence-electron chi connectivity index (χ0n) is 12.2. The number of hydrogen-bond acceptors (Lipinski definition) is 3. The first-order valence-electron chi connectivity index (χ1n) is 7.13. The van der Waals surface area contributed by atoms with Crippen LogP contribution in [-0.4, -0.2) is 17.5 Å². The van der Waals surface area contributed by atoms with Crippen molar-refractivity contribution >= 4 is 5.71 Å². The third kappa shape index (κ3) is 4.93. The Labute approximate surface area is 116 Å². The minimum atomic E-state index is 0.581. The maximum Gasteiger partial charge on any atom is 0.128 e. The van der Waals surface area contributed by atoms with E-state index >= 15 is 0 Å². The molecule has 1 aromatic rings. The van der Waals surface area contributed by atoms with Crippen LogP contribution in [0.3, 0.4) is 0 Å². The zero-order chi connectivity index (χ0) is 14.1. The molecule has 106 valence electrons. The molecule has 3 nitrogen and oxygen atoms in total. The summed E-state index contributed by atoms with van der Waals surface area (Å²) in [6.45, 7) is 6.92. The van der Waals surface area contributed by atoms with Gasteiger partial charge in [0, 0.05) is 5.56 Å². The molecule has 3 heteroatoms. The fraction of sp³-hybridized carbons (Fsp3) is 0.562. The third-order valence-corrected chi connectivity index (χ3v) is 3.44. The molecular formula is C16H25NO2. The van der Waals surface area contributed by atoms with Crippen molar-refractivity contribution in [3.05, 3.63) is 29.8 Å². The molecule has 0 fully saturated rings. The van der Waals surface area contributed by atoms with Gasteiger partial charge in [-0.1, -0.05) is 50.4 Å². The van der Waals surface area contributed by atoms with Gasteiger partial charge in [0.2, 0.25) is 0 Å². The van der Waals surface area contributed by atoms with Crippen LogP contribution in [0.4, 0.5) is 0 Å². The molecule has 0 heterocycles. The van der Waals surface area contributed by atoms with Crippen molar-refractivity contribution in [2.45, 2.75) is 46.5 Å². The lowest BCUT2D eigenvalue weighted by Crippen LogP contribution is -2.12. The molecule has 0 amide bonds. The normalized spacial score (nSPS) is 13.3. The molecule has 0 bridgehead atoms. The van der Waals surface area contributed by atoms with Gasteiger partial charge in [0.05, 0.1) is 12.3 Å². The molecule has 0 saturated carbocycles.